The fraction of sp³-hybridized carbons (Fsp3) is 0.238. The number of halogens is 1. The average molecular weight is 400 g/mol. The summed E-state index contributed by atoms with van der Waals surface area (Å²) in [4.78, 5) is 10.6. The number of benzene rings is 2. The summed E-state index contributed by atoms with van der Waals surface area (Å²) in [5.41, 5.74) is 4.42. The van der Waals surface area contributed by atoms with Gasteiger partial charge in [0.05, 0.1) is 28.9 Å². The zero-order valence-electron chi connectivity index (χ0n) is 15.7. The molecule has 1 heterocycles. The summed E-state index contributed by atoms with van der Waals surface area (Å²) in [5.74, 6) is -0.167. The van der Waals surface area contributed by atoms with Crippen LogP contribution in [0.5, 0.6) is 5.75 Å². The Morgan fingerprint density at radius 3 is 2.54 bits per heavy atom. The number of carboxylic acid groups (broad SMARTS) is 1. The Morgan fingerprint density at radius 1 is 1.18 bits per heavy atom. The number of aromatic amines is 1. The number of nitrogens with zero attached hydrogens (tertiary/aromatic N) is 1. The van der Waals surface area contributed by atoms with E-state index in [0.29, 0.717) is 17.3 Å². The number of hydrogen-bond acceptors (Lipinski definition) is 4. The van der Waals surface area contributed by atoms with Gasteiger partial charge in [0.25, 0.3) is 0 Å². The van der Waals surface area contributed by atoms with Gasteiger partial charge in [0, 0.05) is 17.8 Å². The van der Waals surface area contributed by atoms with Gasteiger partial charge in [0.15, 0.2) is 0 Å². The molecule has 1 aromatic heterocycles. The smallest absolute Gasteiger partial charge is 0.305 e. The van der Waals surface area contributed by atoms with Crippen LogP contribution in [0.2, 0.25) is 5.02 Å². The number of ether oxygens (including phenoxy) is 1. The van der Waals surface area contributed by atoms with E-state index in [1.165, 1.54) is 0 Å². The van der Waals surface area contributed by atoms with Crippen LogP contribution in [0.1, 0.15) is 20.3 Å². The molecule has 146 valence electrons. The van der Waals surface area contributed by atoms with Crippen LogP contribution in [-0.2, 0) is 4.79 Å². The fourth-order valence-electron chi connectivity index (χ4n) is 2.71. The molecule has 0 atom stereocenters. The zero-order valence-corrected chi connectivity index (χ0v) is 16.5. The maximum absolute atomic E-state index is 10.6. The van der Waals surface area contributed by atoms with Crippen LogP contribution in [-0.4, -0.2) is 33.9 Å². The first kappa shape index (κ1) is 19.8. The zero-order chi connectivity index (χ0) is 20.1. The van der Waals surface area contributed by atoms with Crippen LogP contribution in [0, 0.1) is 0 Å². The molecule has 0 spiro atoms. The third-order valence-corrected chi connectivity index (χ3v) is 4.33. The van der Waals surface area contributed by atoms with Crippen LogP contribution in [0.15, 0.2) is 48.5 Å². The quantitative estimate of drug-likeness (QED) is 0.492. The number of aromatic nitrogens is 2. The topological polar surface area (TPSA) is 87.2 Å². The van der Waals surface area contributed by atoms with Crippen LogP contribution in [0.3, 0.4) is 0 Å². The first-order chi connectivity index (χ1) is 13.4. The molecule has 0 aliphatic carbocycles. The minimum Gasteiger partial charge on any atom is -0.489 e. The molecule has 6 nitrogen and oxygen atoms in total. The van der Waals surface area contributed by atoms with E-state index in [-0.39, 0.29) is 12.5 Å². The van der Waals surface area contributed by atoms with E-state index in [2.05, 4.69) is 15.5 Å². The number of hydrogen-bond donors (Lipinski definition) is 3. The summed E-state index contributed by atoms with van der Waals surface area (Å²) in [7, 11) is 0. The lowest BCUT2D eigenvalue weighted by Gasteiger charge is -2.11. The predicted molar refractivity (Wildman–Crippen MR) is 111 cm³/mol. The van der Waals surface area contributed by atoms with Gasteiger partial charge in [-0.1, -0.05) is 23.7 Å². The van der Waals surface area contributed by atoms with Gasteiger partial charge in [-0.3, -0.25) is 9.89 Å². The van der Waals surface area contributed by atoms with Gasteiger partial charge >= 0.3 is 5.97 Å². The molecule has 3 aromatic rings. The second kappa shape index (κ2) is 8.80. The van der Waals surface area contributed by atoms with Crippen molar-refractivity contribution < 1.29 is 14.6 Å². The van der Waals surface area contributed by atoms with E-state index in [9.17, 15) is 4.79 Å². The number of carbonyl (C=O) groups is 1. The summed E-state index contributed by atoms with van der Waals surface area (Å²) in [6, 6.07) is 15.3. The van der Waals surface area contributed by atoms with Crippen LogP contribution >= 0.6 is 11.6 Å². The summed E-state index contributed by atoms with van der Waals surface area (Å²) in [6.45, 7) is 4.30. The van der Waals surface area contributed by atoms with Crippen molar-refractivity contribution in [2.45, 2.75) is 26.4 Å². The van der Waals surface area contributed by atoms with Crippen molar-refractivity contribution in [3.05, 3.63) is 53.6 Å². The maximum Gasteiger partial charge on any atom is 0.305 e. The molecular formula is C21H22ClN3O3. The number of carboxylic acids is 1. The molecule has 0 amide bonds. The van der Waals surface area contributed by atoms with Crippen molar-refractivity contribution in [1.29, 1.82) is 0 Å². The Morgan fingerprint density at radius 2 is 1.89 bits per heavy atom. The highest BCUT2D eigenvalue weighted by Gasteiger charge is 2.10. The monoisotopic (exact) mass is 399 g/mol. The Kier molecular flexibility index (Phi) is 6.21. The molecule has 0 unspecified atom stereocenters. The molecule has 7 heteroatoms. The number of H-pyrrole nitrogens is 1. The van der Waals surface area contributed by atoms with E-state index in [0.717, 1.165) is 28.2 Å². The van der Waals surface area contributed by atoms with Gasteiger partial charge < -0.3 is 15.2 Å². The van der Waals surface area contributed by atoms with E-state index in [1.807, 2.05) is 62.4 Å². The second-order valence-electron chi connectivity index (χ2n) is 6.63. The molecule has 2 aromatic carbocycles. The van der Waals surface area contributed by atoms with Crippen LogP contribution in [0.25, 0.3) is 22.5 Å². The molecule has 28 heavy (non-hydrogen) atoms. The summed E-state index contributed by atoms with van der Waals surface area (Å²) < 4.78 is 5.66. The molecule has 0 radical (unpaired) electrons. The standard InChI is InChI=1S/C21H22ClN3O3/c1-13(2)28-20-8-5-15(11-17(20)22)19-12-18(24-25-19)14-3-6-16(7-4-14)23-10-9-21(26)27/h3-8,11-13,23H,9-10H2,1-2H3,(H,24,25)(H,26,27). The van der Waals surface area contributed by atoms with Crippen molar-refractivity contribution >= 4 is 23.3 Å². The highest BCUT2D eigenvalue weighted by molar-refractivity contribution is 6.32. The first-order valence-corrected chi connectivity index (χ1v) is 9.38. The normalized spacial score (nSPS) is 10.9. The van der Waals surface area contributed by atoms with Gasteiger partial charge in [-0.05, 0) is 55.8 Å². The number of nitrogens with one attached hydrogen (secondary N) is 2. The lowest BCUT2D eigenvalue weighted by atomic mass is 10.1. The predicted octanol–water partition coefficient (Wildman–Crippen LogP) is 5.07. The maximum atomic E-state index is 10.6. The Bertz CT molecular complexity index is 952. The molecule has 0 saturated carbocycles. The molecule has 3 rings (SSSR count). The largest absolute Gasteiger partial charge is 0.489 e. The lowest BCUT2D eigenvalue weighted by Crippen LogP contribution is -2.07. The van der Waals surface area contributed by atoms with E-state index in [4.69, 9.17) is 21.4 Å². The average Bonchev–Trinajstić information content (AvgIpc) is 3.13. The highest BCUT2D eigenvalue weighted by atomic mass is 35.5. The minimum absolute atomic E-state index is 0.0573. The van der Waals surface area contributed by atoms with Gasteiger partial charge in [-0.15, -0.1) is 0 Å². The van der Waals surface area contributed by atoms with Crippen molar-refractivity contribution in [3.8, 4) is 28.3 Å². The highest BCUT2D eigenvalue weighted by Crippen LogP contribution is 2.31. The molecule has 0 fully saturated rings. The summed E-state index contributed by atoms with van der Waals surface area (Å²) in [5, 5.41) is 19.7. The fourth-order valence-corrected chi connectivity index (χ4v) is 2.93. The third-order valence-electron chi connectivity index (χ3n) is 4.03. The van der Waals surface area contributed by atoms with Gasteiger partial charge in [-0.25, -0.2) is 0 Å². The third kappa shape index (κ3) is 5.04. The van der Waals surface area contributed by atoms with Crippen molar-refractivity contribution in [3.63, 3.8) is 0 Å². The molecule has 3 N–H and O–H groups in total. The van der Waals surface area contributed by atoms with E-state index in [1.54, 1.807) is 0 Å². The summed E-state index contributed by atoms with van der Waals surface area (Å²) in [6.07, 6.45) is 0.136. The number of rotatable bonds is 8. The Balaban J connectivity index is 1.71. The SMILES string of the molecule is CC(C)Oc1ccc(-c2cc(-c3ccc(NCCC(=O)O)cc3)[nH]n2)cc1Cl. The van der Waals surface area contributed by atoms with Crippen LogP contribution in [0.4, 0.5) is 5.69 Å². The number of anilines is 1. The Hall–Kier alpha value is -2.99. The molecule has 0 saturated heterocycles. The molecular weight excluding hydrogens is 378 g/mol. The number of aliphatic carboxylic acids is 1. The molecule has 0 aliphatic rings. The Labute approximate surface area is 168 Å². The van der Waals surface area contributed by atoms with Crippen molar-refractivity contribution in [1.82, 2.24) is 10.2 Å². The molecule has 0 aliphatic heterocycles. The van der Waals surface area contributed by atoms with Gasteiger partial charge in [-0.2, -0.15) is 5.10 Å². The summed E-state index contributed by atoms with van der Waals surface area (Å²) >= 11 is 6.32. The van der Waals surface area contributed by atoms with Gasteiger partial charge in [0.2, 0.25) is 0 Å². The van der Waals surface area contributed by atoms with E-state index < -0.39 is 5.97 Å². The van der Waals surface area contributed by atoms with E-state index >= 15 is 0 Å². The minimum atomic E-state index is -0.821. The van der Waals surface area contributed by atoms with Crippen molar-refractivity contribution in [2.24, 2.45) is 0 Å². The second-order valence-corrected chi connectivity index (χ2v) is 7.03. The van der Waals surface area contributed by atoms with Gasteiger partial charge in [0.1, 0.15) is 5.75 Å². The molecule has 0 bridgehead atoms. The van der Waals surface area contributed by atoms with Crippen LogP contribution < -0.4 is 10.1 Å². The lowest BCUT2D eigenvalue weighted by molar-refractivity contribution is -0.136. The van der Waals surface area contributed by atoms with Crippen molar-refractivity contribution in [2.75, 3.05) is 11.9 Å². The first-order valence-electron chi connectivity index (χ1n) is 9.00.